The Morgan fingerprint density at radius 3 is 2.78 bits per heavy atom. The average molecular weight is 391 g/mol. The number of aromatic nitrogens is 2. The van der Waals surface area contributed by atoms with Gasteiger partial charge in [-0.2, -0.15) is 4.98 Å². The van der Waals surface area contributed by atoms with Crippen molar-refractivity contribution >= 4 is 17.5 Å². The van der Waals surface area contributed by atoms with Crippen LogP contribution in [0.25, 0.3) is 11.4 Å². The van der Waals surface area contributed by atoms with Gasteiger partial charge in [-0.15, -0.1) is 0 Å². The van der Waals surface area contributed by atoms with E-state index in [1.807, 2.05) is 29.2 Å². The summed E-state index contributed by atoms with van der Waals surface area (Å²) in [7, 11) is 0. The zero-order valence-electron chi connectivity index (χ0n) is 15.6. The largest absolute Gasteiger partial charge is 0.342 e. The van der Waals surface area contributed by atoms with Gasteiger partial charge in [0.25, 0.3) is 0 Å². The van der Waals surface area contributed by atoms with Gasteiger partial charge < -0.3 is 15.2 Å². The molecule has 1 atom stereocenters. The lowest BCUT2D eigenvalue weighted by atomic mass is 9.97. The fraction of sp³-hybridized carbons (Fsp3) is 0.550. The second-order valence-corrected chi connectivity index (χ2v) is 7.53. The van der Waals surface area contributed by atoms with E-state index in [1.54, 1.807) is 0 Å². The molecule has 1 aliphatic rings. The molecule has 1 aromatic carbocycles. The Kier molecular flexibility index (Phi) is 7.24. The number of benzene rings is 1. The van der Waals surface area contributed by atoms with E-state index < -0.39 is 0 Å². The van der Waals surface area contributed by atoms with Crippen LogP contribution in [0.2, 0.25) is 5.02 Å². The number of likely N-dealkylation sites (tertiary alicyclic amines) is 1. The van der Waals surface area contributed by atoms with Crippen LogP contribution in [0.3, 0.4) is 0 Å². The maximum Gasteiger partial charge on any atom is 0.231 e. The van der Waals surface area contributed by atoms with E-state index in [0.29, 0.717) is 29.7 Å². The van der Waals surface area contributed by atoms with E-state index in [9.17, 15) is 4.79 Å². The van der Waals surface area contributed by atoms with Crippen LogP contribution in [-0.2, 0) is 4.79 Å². The quantitative estimate of drug-likeness (QED) is 0.688. The van der Waals surface area contributed by atoms with Crippen molar-refractivity contribution in [1.82, 2.24) is 15.0 Å². The number of carbonyl (C=O) groups is 1. The van der Waals surface area contributed by atoms with Crippen molar-refractivity contribution in [2.45, 2.75) is 50.9 Å². The first-order valence-corrected chi connectivity index (χ1v) is 10.1. The lowest BCUT2D eigenvalue weighted by molar-refractivity contribution is -0.132. The molecule has 1 aromatic heterocycles. The second kappa shape index (κ2) is 9.85. The number of rotatable bonds is 8. The molecule has 0 spiro atoms. The number of unbranched alkanes of at least 4 members (excludes halogenated alkanes) is 3. The molecule has 1 aliphatic heterocycles. The first-order chi connectivity index (χ1) is 13.2. The van der Waals surface area contributed by atoms with Crippen LogP contribution in [0.15, 0.2) is 28.8 Å². The third-order valence-electron chi connectivity index (χ3n) is 5.01. The van der Waals surface area contributed by atoms with Gasteiger partial charge in [0, 0.05) is 30.1 Å². The fourth-order valence-electron chi connectivity index (χ4n) is 3.45. The molecule has 2 N–H and O–H groups in total. The summed E-state index contributed by atoms with van der Waals surface area (Å²) >= 11 is 5.93. The first kappa shape index (κ1) is 19.8. The minimum atomic E-state index is 0.105. The third kappa shape index (κ3) is 5.53. The monoisotopic (exact) mass is 390 g/mol. The highest BCUT2D eigenvalue weighted by atomic mass is 35.5. The van der Waals surface area contributed by atoms with E-state index in [0.717, 1.165) is 57.2 Å². The maximum atomic E-state index is 12.5. The van der Waals surface area contributed by atoms with Crippen LogP contribution in [0, 0.1) is 0 Å². The highest BCUT2D eigenvalue weighted by Crippen LogP contribution is 2.28. The lowest BCUT2D eigenvalue weighted by Gasteiger charge is -2.31. The van der Waals surface area contributed by atoms with E-state index in [-0.39, 0.29) is 11.8 Å². The number of nitrogens with two attached hydrogens (primary N) is 1. The Bertz CT molecular complexity index is 732. The Hall–Kier alpha value is -1.92. The number of halogens is 1. The van der Waals surface area contributed by atoms with Crippen molar-refractivity contribution in [2.75, 3.05) is 19.6 Å². The van der Waals surface area contributed by atoms with Crippen LogP contribution >= 0.6 is 11.6 Å². The highest BCUT2D eigenvalue weighted by molar-refractivity contribution is 6.30. The standard InChI is InChI=1S/C20H27ClN4O2/c21-17-10-8-15(9-11-17)19-23-20(27-24-19)16-6-5-13-25(14-16)18(26)7-3-1-2-4-12-22/h8-11,16H,1-7,12-14,22H2. The minimum Gasteiger partial charge on any atom is -0.342 e. The normalized spacial score (nSPS) is 17.3. The van der Waals surface area contributed by atoms with Gasteiger partial charge in [0.05, 0.1) is 5.92 Å². The molecule has 27 heavy (non-hydrogen) atoms. The summed E-state index contributed by atoms with van der Waals surface area (Å²) in [6, 6.07) is 7.36. The molecule has 0 bridgehead atoms. The van der Waals surface area contributed by atoms with Crippen molar-refractivity contribution in [2.24, 2.45) is 5.73 Å². The van der Waals surface area contributed by atoms with Gasteiger partial charge >= 0.3 is 0 Å². The molecular weight excluding hydrogens is 364 g/mol. The van der Waals surface area contributed by atoms with Gasteiger partial charge in [-0.3, -0.25) is 4.79 Å². The summed E-state index contributed by atoms with van der Waals surface area (Å²) in [6.45, 7) is 2.20. The molecule has 0 saturated carbocycles. The van der Waals surface area contributed by atoms with Crippen molar-refractivity contribution in [1.29, 1.82) is 0 Å². The van der Waals surface area contributed by atoms with Crippen molar-refractivity contribution in [3.8, 4) is 11.4 Å². The fourth-order valence-corrected chi connectivity index (χ4v) is 3.58. The summed E-state index contributed by atoms with van der Waals surface area (Å²) in [4.78, 5) is 19.0. The average Bonchev–Trinajstić information content (AvgIpc) is 3.18. The molecule has 1 saturated heterocycles. The van der Waals surface area contributed by atoms with E-state index in [1.165, 1.54) is 0 Å². The molecule has 0 aliphatic carbocycles. The Morgan fingerprint density at radius 1 is 1.22 bits per heavy atom. The Morgan fingerprint density at radius 2 is 2.00 bits per heavy atom. The van der Waals surface area contributed by atoms with Crippen molar-refractivity contribution in [3.63, 3.8) is 0 Å². The van der Waals surface area contributed by atoms with Crippen LogP contribution < -0.4 is 5.73 Å². The number of hydrogen-bond acceptors (Lipinski definition) is 5. The van der Waals surface area contributed by atoms with Gasteiger partial charge in [0.1, 0.15) is 0 Å². The minimum absolute atomic E-state index is 0.105. The molecule has 2 heterocycles. The van der Waals surface area contributed by atoms with Gasteiger partial charge in [-0.05, 0) is 56.5 Å². The lowest BCUT2D eigenvalue weighted by Crippen LogP contribution is -2.39. The van der Waals surface area contributed by atoms with E-state index >= 15 is 0 Å². The molecule has 0 radical (unpaired) electrons. The van der Waals surface area contributed by atoms with Crippen LogP contribution in [0.1, 0.15) is 56.8 Å². The number of piperidine rings is 1. The van der Waals surface area contributed by atoms with Gasteiger partial charge in [-0.25, -0.2) is 0 Å². The van der Waals surface area contributed by atoms with Crippen molar-refractivity contribution < 1.29 is 9.32 Å². The molecule has 3 rings (SSSR count). The van der Waals surface area contributed by atoms with Crippen LogP contribution in [-0.4, -0.2) is 40.6 Å². The molecule has 146 valence electrons. The van der Waals surface area contributed by atoms with Gasteiger partial charge in [-0.1, -0.05) is 29.6 Å². The van der Waals surface area contributed by atoms with Gasteiger partial charge in [0.15, 0.2) is 0 Å². The molecular formula is C20H27ClN4O2. The first-order valence-electron chi connectivity index (χ1n) is 9.75. The molecule has 1 fully saturated rings. The zero-order valence-corrected chi connectivity index (χ0v) is 16.3. The van der Waals surface area contributed by atoms with Crippen LogP contribution in [0.5, 0.6) is 0 Å². The molecule has 2 aromatic rings. The Labute approximate surface area is 165 Å². The molecule has 7 heteroatoms. The number of hydrogen-bond donors (Lipinski definition) is 1. The zero-order chi connectivity index (χ0) is 19.1. The third-order valence-corrected chi connectivity index (χ3v) is 5.26. The van der Waals surface area contributed by atoms with Gasteiger partial charge in [0.2, 0.25) is 17.6 Å². The predicted octanol–water partition coefficient (Wildman–Crippen LogP) is 4.01. The summed E-state index contributed by atoms with van der Waals surface area (Å²) in [6.07, 6.45) is 6.66. The summed E-state index contributed by atoms with van der Waals surface area (Å²) < 4.78 is 5.50. The van der Waals surface area contributed by atoms with Crippen molar-refractivity contribution in [3.05, 3.63) is 35.2 Å². The molecule has 6 nitrogen and oxygen atoms in total. The molecule has 1 amide bonds. The summed E-state index contributed by atoms with van der Waals surface area (Å²) in [5.41, 5.74) is 6.37. The number of carbonyl (C=O) groups excluding carboxylic acids is 1. The smallest absolute Gasteiger partial charge is 0.231 e. The Balaban J connectivity index is 1.55. The van der Waals surface area contributed by atoms with E-state index in [4.69, 9.17) is 21.9 Å². The predicted molar refractivity (Wildman–Crippen MR) is 105 cm³/mol. The van der Waals surface area contributed by atoms with E-state index in [2.05, 4.69) is 10.1 Å². The second-order valence-electron chi connectivity index (χ2n) is 7.09. The number of nitrogens with zero attached hydrogens (tertiary/aromatic N) is 3. The topological polar surface area (TPSA) is 85.3 Å². The number of amides is 1. The summed E-state index contributed by atoms with van der Waals surface area (Å²) in [5, 5.41) is 4.77. The highest BCUT2D eigenvalue weighted by Gasteiger charge is 2.28. The summed E-state index contributed by atoms with van der Waals surface area (Å²) in [5.74, 6) is 1.50. The SMILES string of the molecule is NCCCCCCC(=O)N1CCCC(c2nc(-c3ccc(Cl)cc3)no2)C1. The van der Waals surface area contributed by atoms with Crippen LogP contribution in [0.4, 0.5) is 0 Å². The molecule has 1 unspecified atom stereocenters. The maximum absolute atomic E-state index is 12.5.